The van der Waals surface area contributed by atoms with Gasteiger partial charge in [-0.15, -0.1) is 0 Å². The molecular formula is C15H14N2S. The highest BCUT2D eigenvalue weighted by Crippen LogP contribution is 2.20. The number of hydrogen-bond acceptors (Lipinski definition) is 1. The number of nitrogens with zero attached hydrogens (tertiary/aromatic N) is 1. The van der Waals surface area contributed by atoms with Gasteiger partial charge in [-0.2, -0.15) is 0 Å². The molecular weight excluding hydrogens is 240 g/mol. The normalized spacial score (nSPS) is 11.0. The molecule has 2 nitrogen and oxygen atoms in total. The first kappa shape index (κ1) is 11.2. The van der Waals surface area contributed by atoms with Crippen LogP contribution in [-0.4, -0.2) is 9.55 Å². The van der Waals surface area contributed by atoms with Crippen LogP contribution in [0, 0.1) is 18.6 Å². The zero-order valence-corrected chi connectivity index (χ0v) is 11.2. The Labute approximate surface area is 111 Å². The quantitative estimate of drug-likeness (QED) is 0.642. The third-order valence-electron chi connectivity index (χ3n) is 3.13. The molecule has 3 aromatic rings. The van der Waals surface area contributed by atoms with Crippen LogP contribution >= 0.6 is 12.2 Å². The number of aryl methyl sites for hydroxylation is 2. The van der Waals surface area contributed by atoms with Gasteiger partial charge in [0.25, 0.3) is 0 Å². The van der Waals surface area contributed by atoms with Gasteiger partial charge in [0.15, 0.2) is 4.77 Å². The van der Waals surface area contributed by atoms with Crippen molar-refractivity contribution in [2.45, 2.75) is 13.8 Å². The lowest BCUT2D eigenvalue weighted by molar-refractivity contribution is 1.06. The molecule has 90 valence electrons. The van der Waals surface area contributed by atoms with Crippen molar-refractivity contribution >= 4 is 23.3 Å². The van der Waals surface area contributed by atoms with Gasteiger partial charge in [-0.05, 0) is 55.9 Å². The molecule has 2 aromatic carbocycles. The highest BCUT2D eigenvalue weighted by Gasteiger charge is 2.06. The second kappa shape index (κ2) is 4.10. The van der Waals surface area contributed by atoms with E-state index in [0.717, 1.165) is 21.5 Å². The molecule has 0 amide bonds. The molecule has 0 fully saturated rings. The van der Waals surface area contributed by atoms with Crippen LogP contribution in [0.1, 0.15) is 11.1 Å². The lowest BCUT2D eigenvalue weighted by atomic mass is 10.2. The number of aromatic nitrogens is 2. The average Bonchev–Trinajstić information content (AvgIpc) is 2.66. The van der Waals surface area contributed by atoms with Crippen molar-refractivity contribution in [3.63, 3.8) is 0 Å². The summed E-state index contributed by atoms with van der Waals surface area (Å²) in [6, 6.07) is 14.7. The summed E-state index contributed by atoms with van der Waals surface area (Å²) in [6.45, 7) is 4.18. The van der Waals surface area contributed by atoms with Crippen molar-refractivity contribution in [3.8, 4) is 5.69 Å². The Hall–Kier alpha value is -1.87. The Bertz CT molecular complexity index is 763. The zero-order valence-electron chi connectivity index (χ0n) is 10.4. The number of nitrogens with one attached hydrogen (secondary N) is 1. The minimum Gasteiger partial charge on any atom is -0.330 e. The first-order valence-corrected chi connectivity index (χ1v) is 6.34. The SMILES string of the molecule is Cc1ccc(-n2c(=S)[nH]c3ccc(C)cc32)cc1. The molecule has 18 heavy (non-hydrogen) atoms. The number of hydrogen-bond donors (Lipinski definition) is 1. The summed E-state index contributed by atoms with van der Waals surface area (Å²) in [7, 11) is 0. The molecule has 0 aliphatic heterocycles. The van der Waals surface area contributed by atoms with Gasteiger partial charge < -0.3 is 4.98 Å². The highest BCUT2D eigenvalue weighted by atomic mass is 32.1. The molecule has 0 atom stereocenters. The van der Waals surface area contributed by atoms with E-state index in [1.54, 1.807) is 0 Å². The van der Waals surface area contributed by atoms with Gasteiger partial charge in [-0.3, -0.25) is 4.57 Å². The van der Waals surface area contributed by atoms with Crippen molar-refractivity contribution in [2.75, 3.05) is 0 Å². The predicted molar refractivity (Wildman–Crippen MR) is 77.9 cm³/mol. The maximum atomic E-state index is 5.42. The van der Waals surface area contributed by atoms with Gasteiger partial charge >= 0.3 is 0 Å². The van der Waals surface area contributed by atoms with Crippen LogP contribution in [0.5, 0.6) is 0 Å². The van der Waals surface area contributed by atoms with E-state index in [1.165, 1.54) is 11.1 Å². The molecule has 3 heteroatoms. The molecule has 1 heterocycles. The van der Waals surface area contributed by atoms with Crippen LogP contribution in [0.15, 0.2) is 42.5 Å². The van der Waals surface area contributed by atoms with Crippen molar-refractivity contribution in [1.29, 1.82) is 0 Å². The van der Waals surface area contributed by atoms with Crippen molar-refractivity contribution < 1.29 is 0 Å². The topological polar surface area (TPSA) is 20.7 Å². The van der Waals surface area contributed by atoms with Crippen molar-refractivity contribution in [2.24, 2.45) is 0 Å². The van der Waals surface area contributed by atoms with Gasteiger partial charge in [0.1, 0.15) is 0 Å². The van der Waals surface area contributed by atoms with Crippen molar-refractivity contribution in [1.82, 2.24) is 9.55 Å². The summed E-state index contributed by atoms with van der Waals surface area (Å²) in [4.78, 5) is 3.25. The smallest absolute Gasteiger partial charge is 0.182 e. The first-order valence-electron chi connectivity index (χ1n) is 5.93. The van der Waals surface area contributed by atoms with E-state index < -0.39 is 0 Å². The third kappa shape index (κ3) is 1.77. The van der Waals surface area contributed by atoms with Gasteiger partial charge in [-0.1, -0.05) is 23.8 Å². The number of fused-ring (bicyclic) bond motifs is 1. The van der Waals surface area contributed by atoms with E-state index in [1.807, 2.05) is 0 Å². The van der Waals surface area contributed by atoms with E-state index in [-0.39, 0.29) is 0 Å². The summed E-state index contributed by atoms with van der Waals surface area (Å²) >= 11 is 5.42. The van der Waals surface area contributed by atoms with Crippen molar-refractivity contribution in [3.05, 3.63) is 58.4 Å². The molecule has 0 aliphatic rings. The molecule has 0 bridgehead atoms. The van der Waals surface area contributed by atoms with Gasteiger partial charge in [-0.25, -0.2) is 0 Å². The number of benzene rings is 2. The third-order valence-corrected chi connectivity index (χ3v) is 3.42. The average molecular weight is 254 g/mol. The number of H-pyrrole nitrogens is 1. The fourth-order valence-corrected chi connectivity index (χ4v) is 2.48. The monoisotopic (exact) mass is 254 g/mol. The molecule has 1 aromatic heterocycles. The standard InChI is InChI=1S/C15H14N2S/c1-10-3-6-12(7-4-10)17-14-9-11(2)5-8-13(14)16-15(17)18/h3-9H,1-2H3,(H,16,18). The fraction of sp³-hybridized carbons (Fsp3) is 0.133. The van der Waals surface area contributed by atoms with Crippen LogP contribution in [0.4, 0.5) is 0 Å². The molecule has 0 radical (unpaired) electrons. The van der Waals surface area contributed by atoms with Crippen LogP contribution in [0.3, 0.4) is 0 Å². The van der Waals surface area contributed by atoms with Gasteiger partial charge in [0.05, 0.1) is 11.0 Å². The number of rotatable bonds is 1. The minimum atomic E-state index is 0.736. The number of aromatic amines is 1. The molecule has 1 N–H and O–H groups in total. The summed E-state index contributed by atoms with van der Waals surface area (Å²) < 4.78 is 2.82. The first-order chi connectivity index (χ1) is 8.65. The Balaban J connectivity index is 2.34. The lowest BCUT2D eigenvalue weighted by Gasteiger charge is -2.05. The maximum absolute atomic E-state index is 5.42. The lowest BCUT2D eigenvalue weighted by Crippen LogP contribution is -1.93. The number of imidazole rings is 1. The van der Waals surface area contributed by atoms with E-state index in [9.17, 15) is 0 Å². The molecule has 0 saturated heterocycles. The minimum absolute atomic E-state index is 0.736. The predicted octanol–water partition coefficient (Wildman–Crippen LogP) is 4.30. The molecule has 0 saturated carbocycles. The highest BCUT2D eigenvalue weighted by molar-refractivity contribution is 7.71. The summed E-state index contributed by atoms with van der Waals surface area (Å²) in [6.07, 6.45) is 0. The van der Waals surface area contributed by atoms with Crippen LogP contribution in [0.25, 0.3) is 16.7 Å². The Morgan fingerprint density at radius 3 is 2.33 bits per heavy atom. The fourth-order valence-electron chi connectivity index (χ4n) is 2.16. The summed E-state index contributed by atoms with van der Waals surface area (Å²) in [5.41, 5.74) is 5.79. The van der Waals surface area contributed by atoms with Crippen LogP contribution in [-0.2, 0) is 0 Å². The molecule has 0 aliphatic carbocycles. The van der Waals surface area contributed by atoms with Crippen LogP contribution in [0.2, 0.25) is 0 Å². The zero-order chi connectivity index (χ0) is 12.7. The van der Waals surface area contributed by atoms with Gasteiger partial charge in [0.2, 0.25) is 0 Å². The van der Waals surface area contributed by atoms with E-state index >= 15 is 0 Å². The molecule has 3 rings (SSSR count). The second-order valence-electron chi connectivity index (χ2n) is 4.62. The molecule has 0 spiro atoms. The molecule has 0 unspecified atom stereocenters. The van der Waals surface area contributed by atoms with E-state index in [2.05, 4.69) is 65.9 Å². The second-order valence-corrected chi connectivity index (χ2v) is 5.01. The van der Waals surface area contributed by atoms with E-state index in [0.29, 0.717) is 0 Å². The summed E-state index contributed by atoms with van der Waals surface area (Å²) in [5, 5.41) is 0. The largest absolute Gasteiger partial charge is 0.330 e. The summed E-state index contributed by atoms with van der Waals surface area (Å²) in [5.74, 6) is 0. The van der Waals surface area contributed by atoms with E-state index in [4.69, 9.17) is 12.2 Å². The maximum Gasteiger partial charge on any atom is 0.182 e. The Morgan fingerprint density at radius 1 is 0.944 bits per heavy atom. The Morgan fingerprint density at radius 2 is 1.61 bits per heavy atom. The van der Waals surface area contributed by atoms with Gasteiger partial charge in [0, 0.05) is 5.69 Å². The Kier molecular flexibility index (Phi) is 2.56. The van der Waals surface area contributed by atoms with Crippen LogP contribution < -0.4 is 0 Å².